The van der Waals surface area contributed by atoms with E-state index >= 15 is 8.78 Å². The van der Waals surface area contributed by atoms with Gasteiger partial charge in [-0.2, -0.15) is 0 Å². The summed E-state index contributed by atoms with van der Waals surface area (Å²) < 4.78 is 55.5. The van der Waals surface area contributed by atoms with E-state index in [0.29, 0.717) is 37.7 Å². The lowest BCUT2D eigenvalue weighted by Crippen LogP contribution is -2.47. The number of esters is 1. The second kappa shape index (κ2) is 8.69. The molecular formula is C24H21F3N4O3. The fourth-order valence-corrected chi connectivity index (χ4v) is 4.54. The summed E-state index contributed by atoms with van der Waals surface area (Å²) in [6.07, 6.45) is 1.54. The van der Waals surface area contributed by atoms with Crippen molar-refractivity contribution in [2.24, 2.45) is 4.99 Å². The summed E-state index contributed by atoms with van der Waals surface area (Å²) in [5.74, 6) is -4.04. The Kier molecular flexibility index (Phi) is 5.70. The van der Waals surface area contributed by atoms with Gasteiger partial charge < -0.3 is 14.8 Å². The van der Waals surface area contributed by atoms with Crippen molar-refractivity contribution in [3.63, 3.8) is 0 Å². The van der Waals surface area contributed by atoms with Gasteiger partial charge in [-0.25, -0.2) is 23.0 Å². The third-order valence-electron chi connectivity index (χ3n) is 6.11. The van der Waals surface area contributed by atoms with Crippen LogP contribution in [0, 0.1) is 5.82 Å². The van der Waals surface area contributed by atoms with Crippen LogP contribution in [0.1, 0.15) is 16.8 Å². The Morgan fingerprint density at radius 1 is 1.21 bits per heavy atom. The number of hydrogen-bond acceptors (Lipinski definition) is 7. The molecule has 2 aliphatic heterocycles. The van der Waals surface area contributed by atoms with E-state index < -0.39 is 29.0 Å². The van der Waals surface area contributed by atoms with Gasteiger partial charge in [-0.05, 0) is 24.3 Å². The number of ether oxygens (including phenoxy) is 2. The molecule has 34 heavy (non-hydrogen) atoms. The highest BCUT2D eigenvalue weighted by atomic mass is 19.2. The Labute approximate surface area is 193 Å². The number of amidine groups is 1. The Morgan fingerprint density at radius 2 is 2.00 bits per heavy atom. The number of carbonyl (C=O) groups is 1. The van der Waals surface area contributed by atoms with E-state index in [-0.39, 0.29) is 29.1 Å². The normalized spacial score (nSPS) is 22.5. The van der Waals surface area contributed by atoms with Crippen molar-refractivity contribution < 1.29 is 27.4 Å². The van der Waals surface area contributed by atoms with Crippen LogP contribution in [0.2, 0.25) is 0 Å². The first-order valence-corrected chi connectivity index (χ1v) is 10.7. The van der Waals surface area contributed by atoms with Crippen LogP contribution in [0.15, 0.2) is 64.7 Å². The van der Waals surface area contributed by atoms with Gasteiger partial charge in [0, 0.05) is 42.7 Å². The Balaban J connectivity index is 1.77. The Morgan fingerprint density at radius 3 is 2.71 bits per heavy atom. The summed E-state index contributed by atoms with van der Waals surface area (Å²) in [7, 11) is 1.16. The number of nitrogens with one attached hydrogen (secondary N) is 1. The van der Waals surface area contributed by atoms with Gasteiger partial charge in [0.25, 0.3) is 0 Å². The summed E-state index contributed by atoms with van der Waals surface area (Å²) in [6.45, 7) is 2.36. The summed E-state index contributed by atoms with van der Waals surface area (Å²) >= 11 is 0. The van der Waals surface area contributed by atoms with E-state index in [4.69, 9.17) is 9.47 Å². The standard InChI is InChI=1S/C24H21F3N4O3/c1-33-23(32)19-18(13-31-8-10-34-11-9-31)29-22(17-4-2-3-7-28-17)30-24(19)16-6-5-14(25)12-15(16)20(26)21(24)27/h2-7,12H,8-11,13H2,1H3,(H,29,30). The van der Waals surface area contributed by atoms with Gasteiger partial charge >= 0.3 is 5.97 Å². The van der Waals surface area contributed by atoms with Crippen LogP contribution in [-0.2, 0) is 19.8 Å². The molecule has 1 unspecified atom stereocenters. The highest BCUT2D eigenvalue weighted by Gasteiger charge is 2.56. The molecule has 1 fully saturated rings. The molecule has 1 atom stereocenters. The number of aliphatic imine (C=N–C) groups is 1. The van der Waals surface area contributed by atoms with E-state index in [9.17, 15) is 9.18 Å². The van der Waals surface area contributed by atoms with Crippen molar-refractivity contribution in [2.45, 2.75) is 5.54 Å². The number of rotatable bonds is 4. The van der Waals surface area contributed by atoms with Crippen molar-refractivity contribution in [3.05, 3.63) is 82.3 Å². The lowest BCUT2D eigenvalue weighted by molar-refractivity contribution is -0.137. The van der Waals surface area contributed by atoms with Gasteiger partial charge in [0.15, 0.2) is 23.0 Å². The quantitative estimate of drug-likeness (QED) is 0.693. The van der Waals surface area contributed by atoms with Crippen LogP contribution >= 0.6 is 0 Å². The largest absolute Gasteiger partial charge is 0.466 e. The van der Waals surface area contributed by atoms with E-state index in [1.165, 1.54) is 12.3 Å². The maximum absolute atomic E-state index is 15.9. The van der Waals surface area contributed by atoms with Crippen molar-refractivity contribution in [1.82, 2.24) is 15.2 Å². The molecule has 0 amide bonds. The van der Waals surface area contributed by atoms with Gasteiger partial charge in [-0.1, -0.05) is 12.1 Å². The number of fused-ring (bicyclic) bond motifs is 2. The first kappa shape index (κ1) is 22.3. The molecule has 1 N–H and O–H groups in total. The number of carbonyl (C=O) groups excluding carboxylic acids is 1. The summed E-state index contributed by atoms with van der Waals surface area (Å²) in [5.41, 5.74) is -1.99. The smallest absolute Gasteiger partial charge is 0.338 e. The minimum absolute atomic E-state index is 0.0127. The zero-order valence-corrected chi connectivity index (χ0v) is 18.3. The summed E-state index contributed by atoms with van der Waals surface area (Å²) in [6, 6.07) is 8.32. The number of hydrogen-bond donors (Lipinski definition) is 1. The van der Waals surface area contributed by atoms with Crippen LogP contribution in [0.3, 0.4) is 0 Å². The Bertz CT molecular complexity index is 1240. The number of aromatic nitrogens is 1. The third kappa shape index (κ3) is 3.50. The van der Waals surface area contributed by atoms with Crippen molar-refractivity contribution in [3.8, 4) is 0 Å². The molecule has 3 aliphatic rings. The van der Waals surface area contributed by atoms with E-state index in [1.54, 1.807) is 18.2 Å². The Hall–Kier alpha value is -3.50. The van der Waals surface area contributed by atoms with Gasteiger partial charge in [-0.3, -0.25) is 9.88 Å². The molecule has 1 aromatic carbocycles. The van der Waals surface area contributed by atoms with E-state index in [1.807, 2.05) is 4.90 Å². The first-order valence-electron chi connectivity index (χ1n) is 10.7. The molecule has 5 rings (SSSR count). The van der Waals surface area contributed by atoms with Crippen molar-refractivity contribution in [2.75, 3.05) is 40.0 Å². The van der Waals surface area contributed by atoms with Crippen LogP contribution in [-0.4, -0.2) is 61.6 Å². The van der Waals surface area contributed by atoms with Gasteiger partial charge in [-0.15, -0.1) is 0 Å². The monoisotopic (exact) mass is 470 g/mol. The molecule has 1 aromatic heterocycles. The zero-order chi connectivity index (χ0) is 23.9. The van der Waals surface area contributed by atoms with E-state index in [0.717, 1.165) is 19.2 Å². The maximum atomic E-state index is 15.9. The predicted octanol–water partition coefficient (Wildman–Crippen LogP) is 2.85. The minimum atomic E-state index is -2.18. The fourth-order valence-electron chi connectivity index (χ4n) is 4.54. The van der Waals surface area contributed by atoms with Crippen molar-refractivity contribution >= 4 is 17.6 Å². The van der Waals surface area contributed by atoms with Crippen LogP contribution in [0.25, 0.3) is 5.83 Å². The second-order valence-electron chi connectivity index (χ2n) is 8.06. The molecule has 7 nitrogen and oxygen atoms in total. The lowest BCUT2D eigenvalue weighted by atomic mass is 9.81. The zero-order valence-electron chi connectivity index (χ0n) is 18.3. The highest BCUT2D eigenvalue weighted by Crippen LogP contribution is 2.54. The first-order chi connectivity index (χ1) is 16.5. The molecule has 176 valence electrons. The summed E-state index contributed by atoms with van der Waals surface area (Å²) in [4.78, 5) is 23.9. The SMILES string of the molecule is COC(=O)C1=C(CN2CCOCC2)NC(c2ccccn2)=NC12C(F)=C(F)c1cc(F)ccc12. The molecule has 1 saturated heterocycles. The van der Waals surface area contributed by atoms with Crippen molar-refractivity contribution in [1.29, 1.82) is 0 Å². The van der Waals surface area contributed by atoms with Gasteiger partial charge in [0.2, 0.25) is 0 Å². The van der Waals surface area contributed by atoms with E-state index in [2.05, 4.69) is 15.3 Å². The third-order valence-corrected chi connectivity index (χ3v) is 6.11. The number of benzene rings is 1. The van der Waals surface area contributed by atoms with Crippen LogP contribution < -0.4 is 5.32 Å². The number of pyridine rings is 1. The molecule has 10 heteroatoms. The number of methoxy groups -OCH3 is 1. The predicted molar refractivity (Wildman–Crippen MR) is 117 cm³/mol. The molecule has 0 radical (unpaired) electrons. The molecule has 1 spiro atoms. The molecule has 3 heterocycles. The van der Waals surface area contributed by atoms with Gasteiger partial charge in [0.1, 0.15) is 11.5 Å². The fraction of sp³-hybridized carbons (Fsp3) is 0.292. The average molecular weight is 470 g/mol. The highest BCUT2D eigenvalue weighted by molar-refractivity contribution is 6.05. The number of halogens is 3. The summed E-state index contributed by atoms with van der Waals surface area (Å²) in [5, 5.41) is 3.11. The maximum Gasteiger partial charge on any atom is 0.338 e. The molecule has 0 saturated carbocycles. The minimum Gasteiger partial charge on any atom is -0.466 e. The van der Waals surface area contributed by atoms with Gasteiger partial charge in [0.05, 0.1) is 25.9 Å². The molecule has 0 bridgehead atoms. The number of morpholine rings is 1. The number of nitrogens with zero attached hydrogens (tertiary/aromatic N) is 3. The van der Waals surface area contributed by atoms with Crippen LogP contribution in [0.4, 0.5) is 13.2 Å². The average Bonchev–Trinajstić information content (AvgIpc) is 3.06. The van der Waals surface area contributed by atoms with Crippen LogP contribution in [0.5, 0.6) is 0 Å². The second-order valence-corrected chi connectivity index (χ2v) is 8.06. The topological polar surface area (TPSA) is 76.0 Å². The molecule has 1 aliphatic carbocycles. The molecule has 2 aromatic rings. The molecular weight excluding hydrogens is 449 g/mol. The lowest BCUT2D eigenvalue weighted by Gasteiger charge is -2.37.